The van der Waals surface area contributed by atoms with Gasteiger partial charge in [0, 0.05) is 11.8 Å². The molecule has 0 amide bonds. The Morgan fingerprint density at radius 3 is 2.89 bits per heavy atom. The van der Waals surface area contributed by atoms with Crippen LogP contribution in [0.5, 0.6) is 5.75 Å². The number of hydrogen-bond acceptors (Lipinski definition) is 4. The molecule has 0 fully saturated rings. The number of para-hydroxylation sites is 1. The third-order valence-electron chi connectivity index (χ3n) is 2.21. The normalized spacial score (nSPS) is 10.3. The molecular formula is C12H11FN2OS2. The van der Waals surface area contributed by atoms with Crippen LogP contribution in [0, 0.1) is 5.82 Å². The number of thiazole rings is 1. The van der Waals surface area contributed by atoms with Gasteiger partial charge in [0.1, 0.15) is 10.7 Å². The van der Waals surface area contributed by atoms with Gasteiger partial charge in [-0.2, -0.15) is 0 Å². The van der Waals surface area contributed by atoms with Crippen LogP contribution >= 0.6 is 23.6 Å². The van der Waals surface area contributed by atoms with E-state index in [0.717, 1.165) is 5.01 Å². The maximum atomic E-state index is 13.3. The van der Waals surface area contributed by atoms with E-state index in [0.29, 0.717) is 18.7 Å². The van der Waals surface area contributed by atoms with Crippen LogP contribution in [0.1, 0.15) is 10.7 Å². The molecule has 3 nitrogen and oxygen atoms in total. The summed E-state index contributed by atoms with van der Waals surface area (Å²) in [6, 6.07) is 6.31. The van der Waals surface area contributed by atoms with Crippen LogP contribution in [-0.4, -0.2) is 16.6 Å². The lowest BCUT2D eigenvalue weighted by Crippen LogP contribution is -2.10. The predicted molar refractivity (Wildman–Crippen MR) is 73.6 cm³/mol. The summed E-state index contributed by atoms with van der Waals surface area (Å²) < 4.78 is 18.6. The highest BCUT2D eigenvalue weighted by atomic mass is 32.1. The molecule has 0 spiro atoms. The van der Waals surface area contributed by atoms with E-state index in [1.54, 1.807) is 23.6 Å². The SMILES string of the molecule is NC(=S)c1csc(CCOc2ccccc2F)n1. The molecule has 0 unspecified atom stereocenters. The van der Waals surface area contributed by atoms with Gasteiger partial charge in [-0.3, -0.25) is 0 Å². The van der Waals surface area contributed by atoms with Crippen molar-refractivity contribution in [2.24, 2.45) is 5.73 Å². The molecule has 0 bridgehead atoms. The molecular weight excluding hydrogens is 271 g/mol. The van der Waals surface area contributed by atoms with Crippen molar-refractivity contribution in [1.82, 2.24) is 4.98 Å². The van der Waals surface area contributed by atoms with Gasteiger partial charge in [0.15, 0.2) is 11.6 Å². The fourth-order valence-electron chi connectivity index (χ4n) is 1.35. The van der Waals surface area contributed by atoms with Gasteiger partial charge < -0.3 is 10.5 Å². The molecule has 0 saturated carbocycles. The average Bonchev–Trinajstić information content (AvgIpc) is 2.80. The van der Waals surface area contributed by atoms with Gasteiger partial charge in [-0.05, 0) is 12.1 Å². The van der Waals surface area contributed by atoms with Crippen molar-refractivity contribution in [2.75, 3.05) is 6.61 Å². The molecule has 0 atom stereocenters. The summed E-state index contributed by atoms with van der Waals surface area (Å²) in [6.07, 6.45) is 0.599. The zero-order valence-corrected chi connectivity index (χ0v) is 11.1. The number of hydrogen-bond donors (Lipinski definition) is 1. The fraction of sp³-hybridized carbons (Fsp3) is 0.167. The van der Waals surface area contributed by atoms with E-state index in [2.05, 4.69) is 4.98 Å². The second-order valence-electron chi connectivity index (χ2n) is 3.52. The summed E-state index contributed by atoms with van der Waals surface area (Å²) in [6.45, 7) is 0.366. The Morgan fingerprint density at radius 2 is 2.22 bits per heavy atom. The van der Waals surface area contributed by atoms with Gasteiger partial charge in [-0.25, -0.2) is 9.37 Å². The lowest BCUT2D eigenvalue weighted by Gasteiger charge is -2.05. The molecule has 0 radical (unpaired) electrons. The first-order valence-electron chi connectivity index (χ1n) is 5.28. The molecule has 1 aromatic carbocycles. The minimum Gasteiger partial charge on any atom is -0.490 e. The van der Waals surface area contributed by atoms with Gasteiger partial charge in [0.25, 0.3) is 0 Å². The summed E-state index contributed by atoms with van der Waals surface area (Å²) in [4.78, 5) is 4.53. The number of ether oxygens (including phenoxy) is 1. The first kappa shape index (κ1) is 12.9. The smallest absolute Gasteiger partial charge is 0.165 e. The molecule has 0 aliphatic heterocycles. The Bertz CT molecular complexity index is 557. The van der Waals surface area contributed by atoms with Gasteiger partial charge in [0.2, 0.25) is 0 Å². The van der Waals surface area contributed by atoms with Crippen molar-refractivity contribution in [3.63, 3.8) is 0 Å². The molecule has 6 heteroatoms. The Balaban J connectivity index is 1.88. The van der Waals surface area contributed by atoms with Gasteiger partial charge in [-0.15, -0.1) is 11.3 Å². The summed E-state index contributed by atoms with van der Waals surface area (Å²) >= 11 is 6.29. The minimum atomic E-state index is -0.361. The van der Waals surface area contributed by atoms with Crippen molar-refractivity contribution in [2.45, 2.75) is 6.42 Å². The van der Waals surface area contributed by atoms with Crippen LogP contribution in [0.25, 0.3) is 0 Å². The van der Waals surface area contributed by atoms with E-state index in [1.807, 2.05) is 0 Å². The number of nitrogens with two attached hydrogens (primary N) is 1. The molecule has 2 rings (SSSR count). The van der Waals surface area contributed by atoms with Crippen LogP contribution in [0.4, 0.5) is 4.39 Å². The van der Waals surface area contributed by atoms with E-state index >= 15 is 0 Å². The summed E-state index contributed by atoms with van der Waals surface area (Å²) in [5, 5.41) is 2.68. The van der Waals surface area contributed by atoms with E-state index in [9.17, 15) is 4.39 Å². The second-order valence-corrected chi connectivity index (χ2v) is 4.90. The topological polar surface area (TPSA) is 48.1 Å². The van der Waals surface area contributed by atoms with E-state index in [4.69, 9.17) is 22.7 Å². The highest BCUT2D eigenvalue weighted by Gasteiger charge is 2.05. The monoisotopic (exact) mass is 282 g/mol. The third kappa shape index (κ3) is 3.24. The van der Waals surface area contributed by atoms with Crippen molar-refractivity contribution in [1.29, 1.82) is 0 Å². The number of thiocarbonyl (C=S) groups is 1. The Kier molecular flexibility index (Phi) is 4.22. The first-order valence-corrected chi connectivity index (χ1v) is 6.57. The van der Waals surface area contributed by atoms with E-state index in [-0.39, 0.29) is 16.6 Å². The molecule has 2 N–H and O–H groups in total. The molecule has 0 aliphatic rings. The average molecular weight is 282 g/mol. The number of rotatable bonds is 5. The number of benzene rings is 1. The lowest BCUT2D eigenvalue weighted by molar-refractivity contribution is 0.305. The van der Waals surface area contributed by atoms with Gasteiger partial charge >= 0.3 is 0 Å². The molecule has 18 heavy (non-hydrogen) atoms. The number of aromatic nitrogens is 1. The Morgan fingerprint density at radius 1 is 1.44 bits per heavy atom. The zero-order valence-electron chi connectivity index (χ0n) is 9.43. The van der Waals surface area contributed by atoms with Crippen molar-refractivity contribution >= 4 is 28.5 Å². The standard InChI is InChI=1S/C12H11FN2OS2/c13-8-3-1-2-4-10(8)16-6-5-11-15-9(7-18-11)12(14)17/h1-4,7H,5-6H2,(H2,14,17). The predicted octanol–water partition coefficient (Wildman–Crippen LogP) is 2.54. The minimum absolute atomic E-state index is 0.253. The lowest BCUT2D eigenvalue weighted by atomic mass is 10.3. The summed E-state index contributed by atoms with van der Waals surface area (Å²) in [5.74, 6) is -0.107. The molecule has 94 valence electrons. The Hall–Kier alpha value is -1.53. The first-order chi connectivity index (χ1) is 8.66. The van der Waals surface area contributed by atoms with Crippen LogP contribution in [0.15, 0.2) is 29.6 Å². The van der Waals surface area contributed by atoms with Crippen LogP contribution in [0.3, 0.4) is 0 Å². The third-order valence-corrected chi connectivity index (χ3v) is 3.33. The van der Waals surface area contributed by atoms with Crippen molar-refractivity contribution in [3.8, 4) is 5.75 Å². The molecule has 0 aliphatic carbocycles. The fourth-order valence-corrected chi connectivity index (χ4v) is 2.31. The highest BCUT2D eigenvalue weighted by Crippen LogP contribution is 2.16. The maximum absolute atomic E-state index is 13.3. The highest BCUT2D eigenvalue weighted by molar-refractivity contribution is 7.80. The van der Waals surface area contributed by atoms with E-state index in [1.165, 1.54) is 17.4 Å². The van der Waals surface area contributed by atoms with E-state index < -0.39 is 0 Å². The van der Waals surface area contributed by atoms with Crippen molar-refractivity contribution in [3.05, 3.63) is 46.2 Å². The molecule has 2 aromatic rings. The summed E-state index contributed by atoms with van der Waals surface area (Å²) in [5.41, 5.74) is 6.08. The van der Waals surface area contributed by atoms with Gasteiger partial charge in [-0.1, -0.05) is 24.4 Å². The Labute approximate surface area is 113 Å². The quantitative estimate of drug-likeness (QED) is 0.856. The number of nitrogens with zero attached hydrogens (tertiary/aromatic N) is 1. The van der Waals surface area contributed by atoms with Crippen LogP contribution < -0.4 is 10.5 Å². The molecule has 0 saturated heterocycles. The number of halogens is 1. The second kappa shape index (κ2) is 5.88. The van der Waals surface area contributed by atoms with Crippen LogP contribution in [-0.2, 0) is 6.42 Å². The van der Waals surface area contributed by atoms with Crippen molar-refractivity contribution < 1.29 is 9.13 Å². The maximum Gasteiger partial charge on any atom is 0.165 e. The van der Waals surface area contributed by atoms with Gasteiger partial charge in [0.05, 0.1) is 11.6 Å². The zero-order chi connectivity index (χ0) is 13.0. The molecule has 1 aromatic heterocycles. The molecule has 1 heterocycles. The largest absolute Gasteiger partial charge is 0.490 e. The van der Waals surface area contributed by atoms with Crippen LogP contribution in [0.2, 0.25) is 0 Å². The summed E-state index contributed by atoms with van der Waals surface area (Å²) in [7, 11) is 0.